The highest BCUT2D eigenvalue weighted by Crippen LogP contribution is 2.39. The SMILES string of the molecule is C=CC(=O)N1CC[C@@H](N2CC(C#Cc3c(-c4ccc(Oc5cccc(C)n5)c(Cl)c4)c4c(N)ncnc4n3C)C2)[C@@H](O)C1. The van der Waals surface area contributed by atoms with E-state index in [0.29, 0.717) is 53.0 Å². The smallest absolute Gasteiger partial charge is 0.246 e. The number of piperidine rings is 1. The number of nitrogens with two attached hydrogens (primary N) is 1. The van der Waals surface area contributed by atoms with E-state index in [0.717, 1.165) is 35.6 Å². The van der Waals surface area contributed by atoms with Crippen molar-refractivity contribution in [3.63, 3.8) is 0 Å². The molecule has 0 saturated carbocycles. The number of carbonyl (C=O) groups excluding carboxylic acids is 1. The molecule has 1 amide bonds. The monoisotopic (exact) mass is 597 g/mol. The van der Waals surface area contributed by atoms with Crippen molar-refractivity contribution in [2.75, 3.05) is 31.9 Å². The fourth-order valence-corrected chi connectivity index (χ4v) is 6.07. The van der Waals surface area contributed by atoms with Crippen LogP contribution in [0.15, 0.2) is 55.4 Å². The zero-order chi connectivity index (χ0) is 30.2. The van der Waals surface area contributed by atoms with E-state index < -0.39 is 6.10 Å². The van der Waals surface area contributed by atoms with Crippen LogP contribution < -0.4 is 10.5 Å². The molecule has 3 aromatic heterocycles. The van der Waals surface area contributed by atoms with Crippen LogP contribution in [-0.4, -0.2) is 78.7 Å². The maximum absolute atomic E-state index is 11.9. The van der Waals surface area contributed by atoms with Gasteiger partial charge in [0.05, 0.1) is 16.5 Å². The van der Waals surface area contributed by atoms with Crippen molar-refractivity contribution in [1.82, 2.24) is 29.3 Å². The summed E-state index contributed by atoms with van der Waals surface area (Å²) in [5.41, 5.74) is 10.2. The molecule has 2 fully saturated rings. The number of fused-ring (bicyclic) bond motifs is 1. The number of aromatic nitrogens is 4. The molecule has 0 bridgehead atoms. The third-order valence-corrected chi connectivity index (χ3v) is 8.40. The Hall–Kier alpha value is -4.43. The molecule has 3 N–H and O–H groups in total. The molecule has 5 heterocycles. The van der Waals surface area contributed by atoms with Gasteiger partial charge in [0.1, 0.15) is 29.2 Å². The summed E-state index contributed by atoms with van der Waals surface area (Å²) in [7, 11) is 1.91. The van der Waals surface area contributed by atoms with Crippen LogP contribution >= 0.6 is 11.6 Å². The molecule has 0 unspecified atom stereocenters. The van der Waals surface area contributed by atoms with Crippen molar-refractivity contribution in [3.05, 3.63) is 71.8 Å². The lowest BCUT2D eigenvalue weighted by atomic mass is 9.91. The first kappa shape index (κ1) is 28.7. The van der Waals surface area contributed by atoms with Crippen molar-refractivity contribution in [1.29, 1.82) is 0 Å². The summed E-state index contributed by atoms with van der Waals surface area (Å²) in [5.74, 6) is 8.11. The highest BCUT2D eigenvalue weighted by atomic mass is 35.5. The Kier molecular flexibility index (Phi) is 7.79. The summed E-state index contributed by atoms with van der Waals surface area (Å²) in [6.45, 7) is 7.86. The van der Waals surface area contributed by atoms with Gasteiger partial charge in [-0.25, -0.2) is 15.0 Å². The normalized spacial score (nSPS) is 19.0. The van der Waals surface area contributed by atoms with Crippen LogP contribution in [0.1, 0.15) is 17.8 Å². The minimum absolute atomic E-state index is 0.00745. The number of aliphatic hydroxyl groups is 1. The van der Waals surface area contributed by atoms with Crippen molar-refractivity contribution in [3.8, 4) is 34.6 Å². The maximum atomic E-state index is 11.9. The predicted octanol–water partition coefficient (Wildman–Crippen LogP) is 3.80. The first-order valence-corrected chi connectivity index (χ1v) is 14.5. The molecule has 220 valence electrons. The molecule has 0 spiro atoms. The van der Waals surface area contributed by atoms with E-state index in [4.69, 9.17) is 22.1 Å². The van der Waals surface area contributed by atoms with Gasteiger partial charge in [0, 0.05) is 62.5 Å². The van der Waals surface area contributed by atoms with Crippen LogP contribution in [0.3, 0.4) is 0 Å². The fraction of sp³-hybridized carbons (Fsp3) is 0.312. The Morgan fingerprint density at radius 3 is 2.77 bits per heavy atom. The van der Waals surface area contributed by atoms with E-state index in [1.807, 2.05) is 42.8 Å². The molecule has 11 heteroatoms. The highest BCUT2D eigenvalue weighted by molar-refractivity contribution is 6.32. The Morgan fingerprint density at radius 2 is 2.05 bits per heavy atom. The molecule has 0 aliphatic carbocycles. The molecule has 0 radical (unpaired) electrons. The zero-order valence-electron chi connectivity index (χ0n) is 24.0. The lowest BCUT2D eigenvalue weighted by molar-refractivity contribution is -0.132. The number of β-amino-alcohol motifs (C(OH)–C–C–N with tert-alkyl or cyclic N) is 1. The summed E-state index contributed by atoms with van der Waals surface area (Å²) in [6, 6.07) is 11.1. The van der Waals surface area contributed by atoms with Gasteiger partial charge in [0.15, 0.2) is 0 Å². The Morgan fingerprint density at radius 1 is 1.23 bits per heavy atom. The second-order valence-electron chi connectivity index (χ2n) is 10.9. The van der Waals surface area contributed by atoms with Crippen LogP contribution in [0, 0.1) is 24.7 Å². The fourth-order valence-electron chi connectivity index (χ4n) is 5.85. The molecule has 43 heavy (non-hydrogen) atoms. The maximum Gasteiger partial charge on any atom is 0.246 e. The largest absolute Gasteiger partial charge is 0.437 e. The van der Waals surface area contributed by atoms with Crippen molar-refractivity contribution < 1.29 is 14.6 Å². The third kappa shape index (κ3) is 5.55. The number of aryl methyl sites for hydroxylation is 2. The van der Waals surface area contributed by atoms with Crippen LogP contribution in [0.2, 0.25) is 5.02 Å². The van der Waals surface area contributed by atoms with Gasteiger partial charge in [-0.3, -0.25) is 9.69 Å². The summed E-state index contributed by atoms with van der Waals surface area (Å²) in [5, 5.41) is 11.8. The topological polar surface area (TPSA) is 123 Å². The quantitative estimate of drug-likeness (QED) is 0.263. The number of likely N-dealkylation sites (tertiary alicyclic amines) is 2. The van der Waals surface area contributed by atoms with Gasteiger partial charge in [0.25, 0.3) is 0 Å². The lowest BCUT2D eigenvalue weighted by Crippen LogP contribution is -2.61. The summed E-state index contributed by atoms with van der Waals surface area (Å²) < 4.78 is 7.88. The number of pyridine rings is 1. The number of ether oxygens (including phenoxy) is 1. The molecule has 2 atom stereocenters. The minimum Gasteiger partial charge on any atom is -0.437 e. The number of halogens is 1. The molecule has 2 aliphatic heterocycles. The second kappa shape index (κ2) is 11.7. The number of nitrogen functional groups attached to an aromatic ring is 1. The molecular weight excluding hydrogens is 566 g/mol. The van der Waals surface area contributed by atoms with Gasteiger partial charge in [-0.2, -0.15) is 0 Å². The van der Waals surface area contributed by atoms with E-state index in [1.54, 1.807) is 17.0 Å². The van der Waals surface area contributed by atoms with Crippen molar-refractivity contribution >= 4 is 34.4 Å². The van der Waals surface area contributed by atoms with E-state index in [9.17, 15) is 9.90 Å². The number of hydrogen-bond donors (Lipinski definition) is 2. The number of carbonyl (C=O) groups is 1. The minimum atomic E-state index is -0.601. The van der Waals surface area contributed by atoms with Gasteiger partial charge in [-0.05, 0) is 49.1 Å². The van der Waals surface area contributed by atoms with E-state index in [-0.39, 0.29) is 17.9 Å². The van der Waals surface area contributed by atoms with Crippen LogP contribution in [0.4, 0.5) is 5.82 Å². The Balaban J connectivity index is 1.25. The first-order valence-electron chi connectivity index (χ1n) is 14.1. The Bertz CT molecular complexity index is 1790. The molecule has 4 aromatic rings. The zero-order valence-corrected chi connectivity index (χ0v) is 24.8. The highest BCUT2D eigenvalue weighted by Gasteiger charge is 2.38. The van der Waals surface area contributed by atoms with Gasteiger partial charge in [-0.1, -0.05) is 36.2 Å². The molecule has 1 aromatic carbocycles. The van der Waals surface area contributed by atoms with Gasteiger partial charge < -0.3 is 25.0 Å². The average Bonchev–Trinajstić information content (AvgIpc) is 3.26. The molecular formula is C32H32ClN7O3. The number of nitrogens with zero attached hydrogens (tertiary/aromatic N) is 6. The number of aliphatic hydroxyl groups excluding tert-OH is 1. The van der Waals surface area contributed by atoms with Crippen molar-refractivity contribution in [2.45, 2.75) is 25.5 Å². The molecule has 2 aliphatic rings. The average molecular weight is 598 g/mol. The summed E-state index contributed by atoms with van der Waals surface area (Å²) in [4.78, 5) is 29.0. The molecule has 10 nitrogen and oxygen atoms in total. The van der Waals surface area contributed by atoms with E-state index in [2.05, 4.69) is 38.3 Å². The summed E-state index contributed by atoms with van der Waals surface area (Å²) in [6.07, 6.45) is 2.85. The molecule has 6 rings (SSSR count). The van der Waals surface area contributed by atoms with Gasteiger partial charge in [0.2, 0.25) is 11.8 Å². The Labute approximate surface area is 254 Å². The van der Waals surface area contributed by atoms with E-state index >= 15 is 0 Å². The lowest BCUT2D eigenvalue weighted by Gasteiger charge is -2.47. The number of anilines is 1. The van der Waals surface area contributed by atoms with Gasteiger partial charge in [-0.15, -0.1) is 0 Å². The second-order valence-corrected chi connectivity index (χ2v) is 11.3. The number of hydrogen-bond acceptors (Lipinski definition) is 8. The van der Waals surface area contributed by atoms with Crippen LogP contribution in [-0.2, 0) is 11.8 Å². The van der Waals surface area contributed by atoms with Crippen LogP contribution in [0.25, 0.3) is 22.2 Å². The van der Waals surface area contributed by atoms with Crippen molar-refractivity contribution in [2.24, 2.45) is 13.0 Å². The molecule has 2 saturated heterocycles. The number of rotatable bonds is 5. The standard InChI is InChI=1S/C32H32ClN7O3/c1-4-28(42)39-13-12-23(25(41)17-39)40-15-20(16-40)8-10-24-29(30-31(34)35-18-36-32(30)38(24)3)21-9-11-26(22(33)14-21)43-27-7-5-6-19(2)37-27/h4-7,9,11,14,18,20,23,25,41H,1,12-13,15-17H2,2-3H3,(H2,34,35,36)/t23-,25+/m1/s1. The third-order valence-electron chi connectivity index (χ3n) is 8.10. The first-order chi connectivity index (χ1) is 20.7. The van der Waals surface area contributed by atoms with Gasteiger partial charge >= 0.3 is 0 Å². The van der Waals surface area contributed by atoms with E-state index in [1.165, 1.54) is 12.4 Å². The summed E-state index contributed by atoms with van der Waals surface area (Å²) >= 11 is 6.70. The van der Waals surface area contributed by atoms with Crippen LogP contribution in [0.5, 0.6) is 11.6 Å². The number of amides is 1. The predicted molar refractivity (Wildman–Crippen MR) is 166 cm³/mol. The number of benzene rings is 1.